The van der Waals surface area contributed by atoms with Gasteiger partial charge in [-0.3, -0.25) is 10.1 Å². The van der Waals surface area contributed by atoms with Gasteiger partial charge in [-0.1, -0.05) is 37.3 Å². The second-order valence-corrected chi connectivity index (χ2v) is 6.39. The Labute approximate surface area is 119 Å². The van der Waals surface area contributed by atoms with E-state index in [-0.39, 0.29) is 5.91 Å². The Morgan fingerprint density at radius 3 is 2.63 bits per heavy atom. The van der Waals surface area contributed by atoms with Crippen molar-refractivity contribution in [3.05, 3.63) is 35.9 Å². The minimum absolute atomic E-state index is 0.262. The van der Waals surface area contributed by atoms with E-state index in [1.807, 2.05) is 42.1 Å². The summed E-state index contributed by atoms with van der Waals surface area (Å²) in [5.41, 5.74) is 6.04. The molecule has 2 rings (SSSR count). The van der Waals surface area contributed by atoms with Crippen LogP contribution in [0.3, 0.4) is 0 Å². The van der Waals surface area contributed by atoms with E-state index in [9.17, 15) is 4.79 Å². The molecular weight excluding hydrogens is 256 g/mol. The third-order valence-electron chi connectivity index (χ3n) is 3.54. The van der Waals surface area contributed by atoms with Crippen molar-refractivity contribution in [2.24, 2.45) is 5.73 Å². The monoisotopic (exact) mass is 278 g/mol. The molecule has 1 saturated carbocycles. The molecular formula is C15H22N2OS. The fourth-order valence-corrected chi connectivity index (χ4v) is 3.04. The van der Waals surface area contributed by atoms with Gasteiger partial charge < -0.3 is 5.73 Å². The van der Waals surface area contributed by atoms with Gasteiger partial charge in [0.1, 0.15) is 5.54 Å². The Morgan fingerprint density at radius 2 is 2.11 bits per heavy atom. The van der Waals surface area contributed by atoms with Crippen LogP contribution in [0.2, 0.25) is 0 Å². The first kappa shape index (κ1) is 14.4. The van der Waals surface area contributed by atoms with Crippen LogP contribution in [0.5, 0.6) is 0 Å². The number of hydrogen-bond acceptors (Lipinski definition) is 3. The highest BCUT2D eigenvalue weighted by Gasteiger charge is 2.42. The molecule has 0 aromatic heterocycles. The van der Waals surface area contributed by atoms with Gasteiger partial charge in [0.25, 0.3) is 0 Å². The molecule has 0 radical (unpaired) electrons. The molecule has 4 heteroatoms. The van der Waals surface area contributed by atoms with E-state index < -0.39 is 5.54 Å². The summed E-state index contributed by atoms with van der Waals surface area (Å²) >= 11 is 1.85. The second kappa shape index (κ2) is 6.44. The molecule has 1 unspecified atom stereocenters. The maximum Gasteiger partial charge on any atom is 0.242 e. The molecule has 0 aliphatic heterocycles. The van der Waals surface area contributed by atoms with Crippen LogP contribution in [0.25, 0.3) is 0 Å². The van der Waals surface area contributed by atoms with Crippen molar-refractivity contribution in [2.75, 3.05) is 11.5 Å². The average molecular weight is 278 g/mol. The van der Waals surface area contributed by atoms with E-state index >= 15 is 0 Å². The van der Waals surface area contributed by atoms with Gasteiger partial charge in [0.2, 0.25) is 5.91 Å². The molecule has 0 heterocycles. The van der Waals surface area contributed by atoms with E-state index in [1.54, 1.807) is 0 Å². The largest absolute Gasteiger partial charge is 0.368 e. The first-order valence-corrected chi connectivity index (χ1v) is 8.05. The topological polar surface area (TPSA) is 55.1 Å². The molecule has 3 nitrogen and oxygen atoms in total. The number of thioether (sulfide) groups is 1. The van der Waals surface area contributed by atoms with E-state index in [0.29, 0.717) is 6.04 Å². The van der Waals surface area contributed by atoms with Crippen molar-refractivity contribution in [3.63, 3.8) is 0 Å². The Hall–Kier alpha value is -1.00. The number of carbonyl (C=O) groups is 1. The van der Waals surface area contributed by atoms with Gasteiger partial charge in [0.05, 0.1) is 0 Å². The maximum absolute atomic E-state index is 12.1. The highest BCUT2D eigenvalue weighted by molar-refractivity contribution is 7.99. The fraction of sp³-hybridized carbons (Fsp3) is 0.533. The van der Waals surface area contributed by atoms with Gasteiger partial charge in [-0.15, -0.1) is 0 Å². The molecule has 3 N–H and O–H groups in total. The summed E-state index contributed by atoms with van der Waals surface area (Å²) in [6, 6.07) is 10.3. The molecule has 0 bridgehead atoms. The highest BCUT2D eigenvalue weighted by atomic mass is 32.2. The van der Waals surface area contributed by atoms with Crippen LogP contribution >= 0.6 is 11.8 Å². The van der Waals surface area contributed by atoms with Crippen LogP contribution in [-0.4, -0.2) is 23.5 Å². The van der Waals surface area contributed by atoms with Gasteiger partial charge in [-0.25, -0.2) is 0 Å². The number of primary amides is 1. The summed E-state index contributed by atoms with van der Waals surface area (Å²) in [6.07, 6.45) is 3.03. The number of benzene rings is 1. The maximum atomic E-state index is 12.1. The zero-order chi connectivity index (χ0) is 13.7. The Morgan fingerprint density at radius 1 is 1.42 bits per heavy atom. The van der Waals surface area contributed by atoms with Crippen LogP contribution in [0.4, 0.5) is 0 Å². The van der Waals surface area contributed by atoms with Crippen LogP contribution in [0, 0.1) is 0 Å². The van der Waals surface area contributed by atoms with Crippen LogP contribution < -0.4 is 11.1 Å². The number of rotatable bonds is 8. The Kier molecular flexibility index (Phi) is 4.88. The van der Waals surface area contributed by atoms with Crippen molar-refractivity contribution in [1.29, 1.82) is 0 Å². The predicted molar refractivity (Wildman–Crippen MR) is 81.1 cm³/mol. The number of amides is 1. The fourth-order valence-electron chi connectivity index (χ4n) is 2.30. The van der Waals surface area contributed by atoms with Crippen LogP contribution in [0.1, 0.15) is 31.7 Å². The molecule has 104 valence electrons. The van der Waals surface area contributed by atoms with Crippen molar-refractivity contribution >= 4 is 17.7 Å². The number of carbonyl (C=O) groups excluding carboxylic acids is 1. The summed E-state index contributed by atoms with van der Waals surface area (Å²) in [6.45, 7) is 2.13. The third kappa shape index (κ3) is 3.51. The van der Waals surface area contributed by atoms with Gasteiger partial charge >= 0.3 is 0 Å². The lowest BCUT2D eigenvalue weighted by Gasteiger charge is -2.32. The van der Waals surface area contributed by atoms with Gasteiger partial charge in [-0.05, 0) is 36.3 Å². The Balaban J connectivity index is 2.24. The van der Waals surface area contributed by atoms with E-state index in [0.717, 1.165) is 36.3 Å². The second-order valence-electron chi connectivity index (χ2n) is 5.00. The summed E-state index contributed by atoms with van der Waals surface area (Å²) < 4.78 is 0. The standard InChI is InChI=1S/C15H22N2OS/c1-2-19-11-10-15(14(16)18,17-13-8-9-13)12-6-4-3-5-7-12/h3-7,13,17H,2,8-11H2,1H3,(H2,16,18). The normalized spacial score (nSPS) is 17.9. The average Bonchev–Trinajstić information content (AvgIpc) is 3.22. The van der Waals surface area contributed by atoms with E-state index in [4.69, 9.17) is 5.73 Å². The molecule has 19 heavy (non-hydrogen) atoms. The molecule has 1 aliphatic rings. The zero-order valence-electron chi connectivity index (χ0n) is 11.4. The quantitative estimate of drug-likeness (QED) is 0.717. The molecule has 1 atom stereocenters. The molecule has 1 aliphatic carbocycles. The lowest BCUT2D eigenvalue weighted by atomic mass is 9.86. The smallest absolute Gasteiger partial charge is 0.242 e. The zero-order valence-corrected chi connectivity index (χ0v) is 12.2. The minimum atomic E-state index is -0.704. The summed E-state index contributed by atoms with van der Waals surface area (Å²) in [4.78, 5) is 12.1. The summed E-state index contributed by atoms with van der Waals surface area (Å²) in [5, 5.41) is 3.49. The molecule has 1 aromatic rings. The lowest BCUT2D eigenvalue weighted by molar-refractivity contribution is -0.125. The van der Waals surface area contributed by atoms with Crippen molar-refractivity contribution in [2.45, 2.75) is 37.8 Å². The Bertz CT molecular complexity index is 419. The first-order chi connectivity index (χ1) is 9.19. The highest BCUT2D eigenvalue weighted by Crippen LogP contribution is 2.32. The minimum Gasteiger partial charge on any atom is -0.368 e. The van der Waals surface area contributed by atoms with Crippen molar-refractivity contribution in [1.82, 2.24) is 5.32 Å². The van der Waals surface area contributed by atoms with E-state index in [1.165, 1.54) is 0 Å². The third-order valence-corrected chi connectivity index (χ3v) is 4.44. The van der Waals surface area contributed by atoms with E-state index in [2.05, 4.69) is 12.2 Å². The van der Waals surface area contributed by atoms with Gasteiger partial charge in [0, 0.05) is 6.04 Å². The predicted octanol–water partition coefficient (Wildman–Crippen LogP) is 2.26. The molecule has 0 saturated heterocycles. The van der Waals surface area contributed by atoms with Gasteiger partial charge in [0.15, 0.2) is 0 Å². The molecule has 0 spiro atoms. The van der Waals surface area contributed by atoms with Crippen LogP contribution in [-0.2, 0) is 10.3 Å². The molecule has 1 aromatic carbocycles. The number of nitrogens with two attached hydrogens (primary N) is 1. The summed E-state index contributed by atoms with van der Waals surface area (Å²) in [5.74, 6) is 1.74. The molecule has 1 fully saturated rings. The SMILES string of the molecule is CCSCCC(NC1CC1)(C(N)=O)c1ccccc1. The first-order valence-electron chi connectivity index (χ1n) is 6.90. The van der Waals surface area contributed by atoms with Crippen molar-refractivity contribution < 1.29 is 4.79 Å². The van der Waals surface area contributed by atoms with Gasteiger partial charge in [-0.2, -0.15) is 11.8 Å². The number of nitrogens with one attached hydrogen (secondary N) is 1. The summed E-state index contributed by atoms with van der Waals surface area (Å²) in [7, 11) is 0. The lowest BCUT2D eigenvalue weighted by Crippen LogP contribution is -2.54. The number of hydrogen-bond donors (Lipinski definition) is 2. The molecule has 1 amide bonds. The van der Waals surface area contributed by atoms with Crippen molar-refractivity contribution in [3.8, 4) is 0 Å². The van der Waals surface area contributed by atoms with Crippen LogP contribution in [0.15, 0.2) is 30.3 Å².